The Morgan fingerprint density at radius 2 is 2.17 bits per heavy atom. The molecule has 2 aromatic rings. The van der Waals surface area contributed by atoms with E-state index >= 15 is 0 Å². The Morgan fingerprint density at radius 3 is 2.83 bits per heavy atom. The highest BCUT2D eigenvalue weighted by atomic mass is 32.1. The monoisotopic (exact) mass is 264 g/mol. The maximum Gasteiger partial charge on any atom is 0.321 e. The maximum absolute atomic E-state index is 5.48. The highest BCUT2D eigenvalue weighted by molar-refractivity contribution is 7.13. The molecule has 0 bridgehead atoms. The van der Waals surface area contributed by atoms with Gasteiger partial charge in [0.2, 0.25) is 5.95 Å². The van der Waals surface area contributed by atoms with Gasteiger partial charge in [0.1, 0.15) is 0 Å². The second-order valence-electron chi connectivity index (χ2n) is 3.62. The molecule has 0 aliphatic heterocycles. The van der Waals surface area contributed by atoms with Crippen molar-refractivity contribution in [3.8, 4) is 16.7 Å². The smallest absolute Gasteiger partial charge is 0.321 e. The number of nitrogens with zero attached hydrogens (tertiary/aromatic N) is 3. The molecule has 0 radical (unpaired) electrons. The average molecular weight is 264 g/mol. The Morgan fingerprint density at radius 1 is 1.28 bits per heavy atom. The van der Waals surface area contributed by atoms with E-state index in [9.17, 15) is 0 Å². The van der Waals surface area contributed by atoms with Crippen molar-refractivity contribution in [1.82, 2.24) is 15.0 Å². The molecule has 0 aromatic carbocycles. The summed E-state index contributed by atoms with van der Waals surface area (Å²) < 4.78 is 5.48. The van der Waals surface area contributed by atoms with Crippen LogP contribution in [0.1, 0.15) is 20.3 Å². The van der Waals surface area contributed by atoms with E-state index in [4.69, 9.17) is 4.74 Å². The molecule has 0 fully saturated rings. The molecule has 0 amide bonds. The van der Waals surface area contributed by atoms with Gasteiger partial charge in [0, 0.05) is 6.54 Å². The van der Waals surface area contributed by atoms with E-state index in [1.165, 1.54) is 0 Å². The van der Waals surface area contributed by atoms with Crippen molar-refractivity contribution in [2.75, 3.05) is 18.5 Å². The Bertz CT molecular complexity index is 487. The summed E-state index contributed by atoms with van der Waals surface area (Å²) in [5.41, 5.74) is 0. The lowest BCUT2D eigenvalue weighted by Crippen LogP contribution is -2.07. The summed E-state index contributed by atoms with van der Waals surface area (Å²) in [6, 6.07) is 4.34. The van der Waals surface area contributed by atoms with E-state index in [0.717, 1.165) is 17.8 Å². The third kappa shape index (κ3) is 3.16. The number of thiophene rings is 1. The van der Waals surface area contributed by atoms with Gasteiger partial charge in [-0.3, -0.25) is 0 Å². The number of nitrogens with one attached hydrogen (secondary N) is 1. The fraction of sp³-hybridized carbons (Fsp3) is 0.417. The van der Waals surface area contributed by atoms with Gasteiger partial charge in [0.05, 0.1) is 11.5 Å². The summed E-state index contributed by atoms with van der Waals surface area (Å²) in [7, 11) is 0. The van der Waals surface area contributed by atoms with Crippen LogP contribution in [0, 0.1) is 0 Å². The minimum Gasteiger partial charge on any atom is -0.463 e. The molecule has 18 heavy (non-hydrogen) atoms. The molecular weight excluding hydrogens is 248 g/mol. The zero-order valence-corrected chi connectivity index (χ0v) is 11.3. The number of ether oxygens (including phenoxy) is 1. The van der Waals surface area contributed by atoms with E-state index < -0.39 is 0 Å². The van der Waals surface area contributed by atoms with Gasteiger partial charge in [-0.25, -0.2) is 0 Å². The van der Waals surface area contributed by atoms with Crippen molar-refractivity contribution in [1.29, 1.82) is 0 Å². The van der Waals surface area contributed by atoms with Crippen LogP contribution in [0.5, 0.6) is 6.01 Å². The van der Waals surface area contributed by atoms with Crippen LogP contribution in [0.15, 0.2) is 17.5 Å². The van der Waals surface area contributed by atoms with E-state index in [0.29, 0.717) is 24.4 Å². The molecular formula is C12H16N4OS. The Kier molecular flexibility index (Phi) is 4.46. The zero-order valence-electron chi connectivity index (χ0n) is 10.5. The van der Waals surface area contributed by atoms with Gasteiger partial charge in [-0.15, -0.1) is 11.3 Å². The van der Waals surface area contributed by atoms with Crippen LogP contribution < -0.4 is 10.1 Å². The lowest BCUT2D eigenvalue weighted by atomic mass is 10.4. The SMILES string of the molecule is CCCOc1nc(NCC)nc(-c2cccs2)n1. The number of anilines is 1. The molecule has 0 saturated carbocycles. The molecule has 96 valence electrons. The van der Waals surface area contributed by atoms with E-state index in [1.807, 2.05) is 31.4 Å². The molecule has 1 N–H and O–H groups in total. The third-order valence-electron chi connectivity index (χ3n) is 2.13. The van der Waals surface area contributed by atoms with Crippen LogP contribution >= 0.6 is 11.3 Å². The number of aromatic nitrogens is 3. The van der Waals surface area contributed by atoms with Gasteiger partial charge < -0.3 is 10.1 Å². The van der Waals surface area contributed by atoms with Gasteiger partial charge in [-0.1, -0.05) is 13.0 Å². The number of hydrogen-bond acceptors (Lipinski definition) is 6. The summed E-state index contributed by atoms with van der Waals surface area (Å²) in [5, 5.41) is 5.09. The molecule has 0 atom stereocenters. The Labute approximate surface area is 110 Å². The summed E-state index contributed by atoms with van der Waals surface area (Å²) in [4.78, 5) is 13.9. The molecule has 0 saturated heterocycles. The quantitative estimate of drug-likeness (QED) is 0.869. The second kappa shape index (κ2) is 6.30. The Balaban J connectivity index is 2.30. The van der Waals surface area contributed by atoms with Crippen molar-refractivity contribution < 1.29 is 4.74 Å². The summed E-state index contributed by atoms with van der Waals surface area (Å²) >= 11 is 1.60. The fourth-order valence-electron chi connectivity index (χ4n) is 1.37. The summed E-state index contributed by atoms with van der Waals surface area (Å²) in [6.45, 7) is 5.42. The van der Waals surface area contributed by atoms with Crippen LogP contribution in [0.2, 0.25) is 0 Å². The molecule has 2 aromatic heterocycles. The third-order valence-corrected chi connectivity index (χ3v) is 2.99. The number of rotatable bonds is 6. The first kappa shape index (κ1) is 12.8. The zero-order chi connectivity index (χ0) is 12.8. The van der Waals surface area contributed by atoms with Crippen LogP contribution in [0.4, 0.5) is 5.95 Å². The minimum absolute atomic E-state index is 0.381. The molecule has 2 heterocycles. The summed E-state index contributed by atoms with van der Waals surface area (Å²) in [5.74, 6) is 1.21. The predicted octanol–water partition coefficient (Wildman–Crippen LogP) is 2.82. The molecule has 0 aliphatic carbocycles. The van der Waals surface area contributed by atoms with Crippen LogP contribution in [-0.2, 0) is 0 Å². The van der Waals surface area contributed by atoms with Crippen molar-refractivity contribution in [2.45, 2.75) is 20.3 Å². The van der Waals surface area contributed by atoms with E-state index in [2.05, 4.69) is 20.3 Å². The molecule has 0 spiro atoms. The normalized spacial score (nSPS) is 10.3. The fourth-order valence-corrected chi connectivity index (χ4v) is 2.03. The predicted molar refractivity (Wildman–Crippen MR) is 73.1 cm³/mol. The molecule has 2 rings (SSSR count). The van der Waals surface area contributed by atoms with Gasteiger partial charge in [0.15, 0.2) is 5.82 Å². The first-order valence-electron chi connectivity index (χ1n) is 6.00. The lowest BCUT2D eigenvalue weighted by molar-refractivity contribution is 0.292. The van der Waals surface area contributed by atoms with Gasteiger partial charge in [-0.2, -0.15) is 15.0 Å². The second-order valence-corrected chi connectivity index (χ2v) is 4.57. The van der Waals surface area contributed by atoms with E-state index in [1.54, 1.807) is 11.3 Å². The standard InChI is InChI=1S/C12H16N4OS/c1-3-7-17-12-15-10(9-6-5-8-18-9)14-11(16-12)13-4-2/h5-6,8H,3-4,7H2,1-2H3,(H,13,14,15,16). The van der Waals surface area contributed by atoms with Gasteiger partial charge >= 0.3 is 6.01 Å². The topological polar surface area (TPSA) is 59.9 Å². The van der Waals surface area contributed by atoms with Crippen molar-refractivity contribution >= 4 is 17.3 Å². The largest absolute Gasteiger partial charge is 0.463 e. The van der Waals surface area contributed by atoms with Gasteiger partial charge in [-0.05, 0) is 24.8 Å². The van der Waals surface area contributed by atoms with E-state index in [-0.39, 0.29) is 0 Å². The van der Waals surface area contributed by atoms with Crippen molar-refractivity contribution in [2.24, 2.45) is 0 Å². The molecule has 0 unspecified atom stereocenters. The highest BCUT2D eigenvalue weighted by Crippen LogP contribution is 2.23. The van der Waals surface area contributed by atoms with Crippen LogP contribution in [0.25, 0.3) is 10.7 Å². The van der Waals surface area contributed by atoms with Crippen LogP contribution in [-0.4, -0.2) is 28.1 Å². The molecule has 0 aliphatic rings. The Hall–Kier alpha value is -1.69. The van der Waals surface area contributed by atoms with Gasteiger partial charge in [0.25, 0.3) is 0 Å². The average Bonchev–Trinajstić information content (AvgIpc) is 2.90. The number of hydrogen-bond donors (Lipinski definition) is 1. The minimum atomic E-state index is 0.381. The first-order chi connectivity index (χ1) is 8.83. The van der Waals surface area contributed by atoms with Crippen molar-refractivity contribution in [3.63, 3.8) is 0 Å². The van der Waals surface area contributed by atoms with Crippen LogP contribution in [0.3, 0.4) is 0 Å². The summed E-state index contributed by atoms with van der Waals surface area (Å²) in [6.07, 6.45) is 0.927. The van der Waals surface area contributed by atoms with Crippen molar-refractivity contribution in [3.05, 3.63) is 17.5 Å². The maximum atomic E-state index is 5.48. The lowest BCUT2D eigenvalue weighted by Gasteiger charge is -2.07. The molecule has 6 heteroatoms. The first-order valence-corrected chi connectivity index (χ1v) is 6.88. The highest BCUT2D eigenvalue weighted by Gasteiger charge is 2.09. The molecule has 5 nitrogen and oxygen atoms in total.